The van der Waals surface area contributed by atoms with E-state index in [0.717, 1.165) is 32.5 Å². The molecule has 0 spiro atoms. The predicted molar refractivity (Wildman–Crippen MR) is 69.3 cm³/mol. The lowest BCUT2D eigenvalue weighted by Gasteiger charge is -2.28. The maximum absolute atomic E-state index is 11.5. The number of carbonyl (C=O) groups excluding carboxylic acids is 1. The molecule has 0 saturated carbocycles. The molecule has 0 atom stereocenters. The molecule has 0 bridgehead atoms. The highest BCUT2D eigenvalue weighted by molar-refractivity contribution is 5.75. The van der Waals surface area contributed by atoms with Crippen LogP contribution in [0.5, 0.6) is 0 Å². The first-order valence-corrected chi connectivity index (χ1v) is 6.75. The van der Waals surface area contributed by atoms with Gasteiger partial charge in [0, 0.05) is 19.4 Å². The van der Waals surface area contributed by atoms with Crippen molar-refractivity contribution in [2.45, 2.75) is 38.5 Å². The summed E-state index contributed by atoms with van der Waals surface area (Å²) in [6.07, 6.45) is 4.14. The lowest BCUT2D eigenvalue weighted by Crippen LogP contribution is -2.36. The monoisotopic (exact) mass is 256 g/mol. The van der Waals surface area contributed by atoms with Gasteiger partial charge in [-0.15, -0.1) is 0 Å². The molecular formula is C13H24N2O3. The van der Waals surface area contributed by atoms with Crippen molar-refractivity contribution in [2.75, 3.05) is 26.7 Å². The van der Waals surface area contributed by atoms with Gasteiger partial charge in [0.15, 0.2) is 0 Å². The summed E-state index contributed by atoms with van der Waals surface area (Å²) in [6.45, 7) is 2.99. The molecule has 1 saturated heterocycles. The molecule has 0 aromatic carbocycles. The van der Waals surface area contributed by atoms with Crippen molar-refractivity contribution in [2.24, 2.45) is 5.92 Å². The first-order chi connectivity index (χ1) is 8.58. The fourth-order valence-electron chi connectivity index (χ4n) is 2.17. The summed E-state index contributed by atoms with van der Waals surface area (Å²) < 4.78 is 0. The second-order valence-electron chi connectivity index (χ2n) is 5.15. The fourth-order valence-corrected chi connectivity index (χ4v) is 2.17. The average Bonchev–Trinajstić information content (AvgIpc) is 2.34. The molecule has 1 rings (SSSR count). The number of amides is 1. The third-order valence-corrected chi connectivity index (χ3v) is 3.47. The molecule has 1 aliphatic rings. The van der Waals surface area contributed by atoms with Crippen LogP contribution in [-0.2, 0) is 9.59 Å². The maximum atomic E-state index is 11.5. The predicted octanol–water partition coefficient (Wildman–Crippen LogP) is 1.09. The number of nitrogens with zero attached hydrogens (tertiary/aromatic N) is 1. The Bertz CT molecular complexity index is 273. The Kier molecular flexibility index (Phi) is 6.72. The van der Waals surface area contributed by atoms with E-state index in [9.17, 15) is 9.59 Å². The van der Waals surface area contributed by atoms with Crippen molar-refractivity contribution in [3.8, 4) is 0 Å². The van der Waals surface area contributed by atoms with E-state index >= 15 is 0 Å². The van der Waals surface area contributed by atoms with Crippen LogP contribution in [0.25, 0.3) is 0 Å². The number of hydrogen-bond donors (Lipinski definition) is 2. The first kappa shape index (κ1) is 15.0. The molecule has 18 heavy (non-hydrogen) atoms. The van der Waals surface area contributed by atoms with Gasteiger partial charge in [-0.3, -0.25) is 9.59 Å². The summed E-state index contributed by atoms with van der Waals surface area (Å²) >= 11 is 0. The fraction of sp³-hybridized carbons (Fsp3) is 0.846. The second kappa shape index (κ2) is 8.08. The number of carbonyl (C=O) groups is 2. The molecule has 1 fully saturated rings. The van der Waals surface area contributed by atoms with Crippen molar-refractivity contribution in [1.82, 2.24) is 10.2 Å². The molecule has 1 amide bonds. The second-order valence-corrected chi connectivity index (χ2v) is 5.15. The van der Waals surface area contributed by atoms with Crippen LogP contribution in [-0.4, -0.2) is 48.6 Å². The van der Waals surface area contributed by atoms with E-state index < -0.39 is 5.97 Å². The van der Waals surface area contributed by atoms with Gasteiger partial charge >= 0.3 is 5.97 Å². The summed E-state index contributed by atoms with van der Waals surface area (Å²) in [5.41, 5.74) is 0. The maximum Gasteiger partial charge on any atom is 0.303 e. The topological polar surface area (TPSA) is 69.6 Å². The molecule has 0 aromatic heterocycles. The number of nitrogens with one attached hydrogen (secondary N) is 1. The zero-order valence-electron chi connectivity index (χ0n) is 11.2. The Hall–Kier alpha value is -1.10. The third-order valence-electron chi connectivity index (χ3n) is 3.47. The van der Waals surface area contributed by atoms with E-state index in [2.05, 4.69) is 17.3 Å². The summed E-state index contributed by atoms with van der Waals surface area (Å²) in [6, 6.07) is 0. The lowest BCUT2D eigenvalue weighted by molar-refractivity contribution is -0.137. The van der Waals surface area contributed by atoms with Crippen molar-refractivity contribution in [3.05, 3.63) is 0 Å². The van der Waals surface area contributed by atoms with Crippen LogP contribution in [0.15, 0.2) is 0 Å². The molecular weight excluding hydrogens is 232 g/mol. The standard InChI is InChI=1S/C13H24N2O3/c1-15-8-6-11(7-9-15)10-14-12(16)4-2-3-5-13(17)18/h11H,2-10H2,1H3,(H,14,16)(H,17,18). The Morgan fingerprint density at radius 3 is 2.44 bits per heavy atom. The highest BCUT2D eigenvalue weighted by Crippen LogP contribution is 2.14. The van der Waals surface area contributed by atoms with Crippen LogP contribution in [0.1, 0.15) is 38.5 Å². The number of rotatable bonds is 7. The quantitative estimate of drug-likeness (QED) is 0.669. The highest BCUT2D eigenvalue weighted by atomic mass is 16.4. The summed E-state index contributed by atoms with van der Waals surface area (Å²) in [4.78, 5) is 24.1. The molecule has 1 aliphatic heterocycles. The highest BCUT2D eigenvalue weighted by Gasteiger charge is 2.16. The average molecular weight is 256 g/mol. The molecule has 104 valence electrons. The van der Waals surface area contributed by atoms with E-state index in [0.29, 0.717) is 25.2 Å². The van der Waals surface area contributed by atoms with Gasteiger partial charge in [0.25, 0.3) is 0 Å². The number of likely N-dealkylation sites (tertiary alicyclic amines) is 1. The summed E-state index contributed by atoms with van der Waals surface area (Å²) in [5, 5.41) is 11.4. The van der Waals surface area contributed by atoms with Crippen LogP contribution in [0, 0.1) is 5.92 Å². The van der Waals surface area contributed by atoms with Crippen LogP contribution in [0.3, 0.4) is 0 Å². The van der Waals surface area contributed by atoms with Crippen molar-refractivity contribution in [1.29, 1.82) is 0 Å². The molecule has 0 aromatic rings. The lowest BCUT2D eigenvalue weighted by atomic mass is 9.97. The minimum atomic E-state index is -0.790. The van der Waals surface area contributed by atoms with Gasteiger partial charge in [-0.05, 0) is 51.7 Å². The largest absolute Gasteiger partial charge is 0.481 e. The van der Waals surface area contributed by atoms with Crippen LogP contribution < -0.4 is 5.32 Å². The van der Waals surface area contributed by atoms with Gasteiger partial charge in [-0.1, -0.05) is 0 Å². The molecule has 5 nitrogen and oxygen atoms in total. The normalized spacial score (nSPS) is 17.6. The minimum Gasteiger partial charge on any atom is -0.481 e. The molecule has 2 N–H and O–H groups in total. The molecule has 0 unspecified atom stereocenters. The van der Waals surface area contributed by atoms with Crippen LogP contribution in [0.4, 0.5) is 0 Å². The number of carboxylic acids is 1. The number of aliphatic carboxylic acids is 1. The Morgan fingerprint density at radius 2 is 1.83 bits per heavy atom. The van der Waals surface area contributed by atoms with Gasteiger partial charge in [-0.25, -0.2) is 0 Å². The zero-order valence-corrected chi connectivity index (χ0v) is 11.2. The SMILES string of the molecule is CN1CCC(CNC(=O)CCCCC(=O)O)CC1. The van der Waals surface area contributed by atoms with Crippen molar-refractivity contribution >= 4 is 11.9 Å². The van der Waals surface area contributed by atoms with Gasteiger partial charge in [0.2, 0.25) is 5.91 Å². The van der Waals surface area contributed by atoms with Crippen LogP contribution >= 0.6 is 0 Å². The summed E-state index contributed by atoms with van der Waals surface area (Å²) in [7, 11) is 2.12. The van der Waals surface area contributed by atoms with E-state index in [1.54, 1.807) is 0 Å². The Morgan fingerprint density at radius 1 is 1.22 bits per heavy atom. The number of piperidine rings is 1. The first-order valence-electron chi connectivity index (χ1n) is 6.75. The molecule has 5 heteroatoms. The van der Waals surface area contributed by atoms with Gasteiger partial charge in [0.05, 0.1) is 0 Å². The van der Waals surface area contributed by atoms with Crippen molar-refractivity contribution < 1.29 is 14.7 Å². The minimum absolute atomic E-state index is 0.0549. The summed E-state index contributed by atoms with van der Waals surface area (Å²) in [5.74, 6) is -0.134. The van der Waals surface area contributed by atoms with E-state index in [-0.39, 0.29) is 12.3 Å². The zero-order chi connectivity index (χ0) is 13.4. The van der Waals surface area contributed by atoms with Gasteiger partial charge < -0.3 is 15.3 Å². The molecule has 0 aliphatic carbocycles. The van der Waals surface area contributed by atoms with Gasteiger partial charge in [-0.2, -0.15) is 0 Å². The molecule has 0 radical (unpaired) electrons. The van der Waals surface area contributed by atoms with E-state index in [1.165, 1.54) is 0 Å². The Labute approximate surface area is 109 Å². The smallest absolute Gasteiger partial charge is 0.303 e. The number of carboxylic acid groups (broad SMARTS) is 1. The van der Waals surface area contributed by atoms with E-state index in [4.69, 9.17) is 5.11 Å². The number of unbranched alkanes of at least 4 members (excludes halogenated alkanes) is 1. The number of hydrogen-bond acceptors (Lipinski definition) is 3. The van der Waals surface area contributed by atoms with Crippen LogP contribution in [0.2, 0.25) is 0 Å². The van der Waals surface area contributed by atoms with Gasteiger partial charge in [0.1, 0.15) is 0 Å². The third kappa shape index (κ3) is 6.59. The van der Waals surface area contributed by atoms with E-state index in [1.807, 2.05) is 0 Å². The Balaban J connectivity index is 2.01. The molecule has 1 heterocycles. The van der Waals surface area contributed by atoms with Crippen molar-refractivity contribution in [3.63, 3.8) is 0 Å².